The summed E-state index contributed by atoms with van der Waals surface area (Å²) in [5.41, 5.74) is 0. The molecule has 0 aromatic rings. The van der Waals surface area contributed by atoms with Crippen LogP contribution in [0, 0.1) is 0 Å². The van der Waals surface area contributed by atoms with Crippen molar-refractivity contribution in [3.8, 4) is 0 Å². The number of phosphoric ester groups is 1. The summed E-state index contributed by atoms with van der Waals surface area (Å²) in [4.78, 5) is 12.6. The second-order valence-electron chi connectivity index (χ2n) is 12.1. The zero-order valence-corrected chi connectivity index (χ0v) is 28.4. The standard InChI is InChI=1S/C34H72NO4P/c1-4-7-10-13-16-19-22-25-28-33-38-40(36,37)39-34-29-32-35(30-26-23-20-17-14-11-8-5-2)31-27-24-21-18-15-12-9-6-3/h4-34H2,1-3H3,(H,36,37). The maximum atomic E-state index is 12.3. The largest absolute Gasteiger partial charge is 0.472 e. The van der Waals surface area contributed by atoms with E-state index in [0.29, 0.717) is 6.61 Å². The van der Waals surface area contributed by atoms with E-state index in [1.54, 1.807) is 0 Å². The lowest BCUT2D eigenvalue weighted by Gasteiger charge is -2.22. The van der Waals surface area contributed by atoms with Crippen molar-refractivity contribution in [2.45, 2.75) is 188 Å². The van der Waals surface area contributed by atoms with E-state index in [1.165, 1.54) is 148 Å². The molecular weight excluding hydrogens is 517 g/mol. The van der Waals surface area contributed by atoms with Crippen molar-refractivity contribution >= 4 is 7.82 Å². The van der Waals surface area contributed by atoms with Gasteiger partial charge in [0.05, 0.1) is 13.2 Å². The van der Waals surface area contributed by atoms with Crippen LogP contribution in [-0.4, -0.2) is 42.6 Å². The number of hydrogen-bond donors (Lipinski definition) is 1. The number of phosphoric acid groups is 1. The fraction of sp³-hybridized carbons (Fsp3) is 1.00. The molecule has 1 N–H and O–H groups in total. The molecular formula is C34H72NO4P. The lowest BCUT2D eigenvalue weighted by atomic mass is 10.1. The summed E-state index contributed by atoms with van der Waals surface area (Å²) in [5.74, 6) is 0. The third-order valence-corrected chi connectivity index (χ3v) is 9.05. The van der Waals surface area contributed by atoms with Crippen LogP contribution >= 0.6 is 7.82 Å². The van der Waals surface area contributed by atoms with Gasteiger partial charge >= 0.3 is 7.82 Å². The molecule has 0 heterocycles. The Kier molecular flexibility index (Phi) is 32.0. The van der Waals surface area contributed by atoms with Crippen molar-refractivity contribution in [3.05, 3.63) is 0 Å². The van der Waals surface area contributed by atoms with Crippen LogP contribution in [0.15, 0.2) is 0 Å². The van der Waals surface area contributed by atoms with E-state index < -0.39 is 7.82 Å². The molecule has 0 radical (unpaired) electrons. The van der Waals surface area contributed by atoms with Gasteiger partial charge in [0.25, 0.3) is 0 Å². The molecule has 242 valence electrons. The SMILES string of the molecule is CCCCCCCCCCCOP(=O)(O)OCCCN(CCCCCCCCCC)CCCCCCCCCC. The van der Waals surface area contributed by atoms with Crippen LogP contribution in [-0.2, 0) is 13.6 Å². The zero-order chi connectivity index (χ0) is 29.4. The molecule has 0 spiro atoms. The molecule has 0 rings (SSSR count). The number of rotatable bonds is 34. The minimum absolute atomic E-state index is 0.289. The monoisotopic (exact) mass is 590 g/mol. The van der Waals surface area contributed by atoms with Gasteiger partial charge in [0.1, 0.15) is 0 Å². The smallest absolute Gasteiger partial charge is 0.303 e. The molecule has 0 aromatic heterocycles. The number of hydrogen-bond acceptors (Lipinski definition) is 4. The maximum Gasteiger partial charge on any atom is 0.472 e. The van der Waals surface area contributed by atoms with E-state index in [2.05, 4.69) is 25.7 Å². The lowest BCUT2D eigenvalue weighted by molar-refractivity contribution is 0.139. The molecule has 1 atom stereocenters. The summed E-state index contributed by atoms with van der Waals surface area (Å²) in [6, 6.07) is 0. The summed E-state index contributed by atoms with van der Waals surface area (Å²) >= 11 is 0. The van der Waals surface area contributed by atoms with Gasteiger partial charge in [-0.1, -0.05) is 162 Å². The minimum atomic E-state index is -3.93. The molecule has 6 heteroatoms. The van der Waals surface area contributed by atoms with Gasteiger partial charge in [0.15, 0.2) is 0 Å². The first-order valence-corrected chi connectivity index (χ1v) is 19.4. The Balaban J connectivity index is 4.06. The van der Waals surface area contributed by atoms with Gasteiger partial charge in [0, 0.05) is 6.54 Å². The Morgan fingerprint density at radius 1 is 0.425 bits per heavy atom. The van der Waals surface area contributed by atoms with Gasteiger partial charge in [-0.05, 0) is 38.8 Å². The summed E-state index contributed by atoms with van der Waals surface area (Å²) < 4.78 is 22.8. The highest BCUT2D eigenvalue weighted by Gasteiger charge is 2.20. The van der Waals surface area contributed by atoms with E-state index in [1.807, 2.05) is 0 Å². The third kappa shape index (κ3) is 31.0. The van der Waals surface area contributed by atoms with Crippen LogP contribution in [0.4, 0.5) is 0 Å². The Morgan fingerprint density at radius 3 is 1.07 bits per heavy atom. The highest BCUT2D eigenvalue weighted by atomic mass is 31.2. The van der Waals surface area contributed by atoms with Crippen LogP contribution in [0.25, 0.3) is 0 Å². The molecule has 0 amide bonds. The molecule has 0 saturated carbocycles. The van der Waals surface area contributed by atoms with E-state index in [-0.39, 0.29) is 6.61 Å². The van der Waals surface area contributed by atoms with Gasteiger partial charge in [-0.2, -0.15) is 0 Å². The predicted octanol–water partition coefficient (Wildman–Crippen LogP) is 11.6. The number of unbranched alkanes of at least 4 members (excludes halogenated alkanes) is 22. The summed E-state index contributed by atoms with van der Waals surface area (Å²) in [5, 5.41) is 0. The highest BCUT2D eigenvalue weighted by molar-refractivity contribution is 7.47. The van der Waals surface area contributed by atoms with Crippen molar-refractivity contribution in [2.75, 3.05) is 32.8 Å². The van der Waals surface area contributed by atoms with Crippen LogP contribution in [0.1, 0.15) is 188 Å². The summed E-state index contributed by atoms with van der Waals surface area (Å²) in [6.45, 7) is 10.6. The fourth-order valence-electron chi connectivity index (χ4n) is 5.37. The fourth-order valence-corrected chi connectivity index (χ4v) is 6.17. The van der Waals surface area contributed by atoms with Crippen molar-refractivity contribution in [3.63, 3.8) is 0 Å². The second-order valence-corrected chi connectivity index (χ2v) is 13.6. The molecule has 0 aliphatic heterocycles. The molecule has 5 nitrogen and oxygen atoms in total. The Bertz CT molecular complexity index is 514. The molecule has 0 bridgehead atoms. The topological polar surface area (TPSA) is 59.0 Å². The van der Waals surface area contributed by atoms with E-state index >= 15 is 0 Å². The van der Waals surface area contributed by atoms with Crippen molar-refractivity contribution in [2.24, 2.45) is 0 Å². The van der Waals surface area contributed by atoms with Crippen LogP contribution < -0.4 is 0 Å². The third-order valence-electron chi connectivity index (χ3n) is 8.03. The predicted molar refractivity (Wildman–Crippen MR) is 175 cm³/mol. The molecule has 0 saturated heterocycles. The Morgan fingerprint density at radius 2 is 0.700 bits per heavy atom. The maximum absolute atomic E-state index is 12.3. The second kappa shape index (κ2) is 32.0. The molecule has 0 aliphatic rings. The molecule has 0 aliphatic carbocycles. The first kappa shape index (κ1) is 40.1. The molecule has 1 unspecified atom stereocenters. The van der Waals surface area contributed by atoms with Crippen molar-refractivity contribution in [1.82, 2.24) is 4.90 Å². The molecule has 0 fully saturated rings. The van der Waals surface area contributed by atoms with Crippen molar-refractivity contribution < 1.29 is 18.5 Å². The van der Waals surface area contributed by atoms with E-state index in [4.69, 9.17) is 9.05 Å². The average Bonchev–Trinajstić information content (AvgIpc) is 2.94. The Hall–Kier alpha value is 0.0700. The average molecular weight is 590 g/mol. The highest BCUT2D eigenvalue weighted by Crippen LogP contribution is 2.43. The van der Waals surface area contributed by atoms with E-state index in [0.717, 1.165) is 38.9 Å². The van der Waals surface area contributed by atoms with Gasteiger partial charge in [-0.15, -0.1) is 0 Å². The quantitative estimate of drug-likeness (QED) is 0.0597. The molecule has 40 heavy (non-hydrogen) atoms. The normalized spacial score (nSPS) is 13.3. The zero-order valence-electron chi connectivity index (χ0n) is 27.5. The minimum Gasteiger partial charge on any atom is -0.303 e. The van der Waals surface area contributed by atoms with Gasteiger partial charge in [-0.25, -0.2) is 4.57 Å². The van der Waals surface area contributed by atoms with E-state index in [9.17, 15) is 9.46 Å². The first-order valence-electron chi connectivity index (χ1n) is 17.9. The van der Waals surface area contributed by atoms with Crippen LogP contribution in [0.3, 0.4) is 0 Å². The van der Waals surface area contributed by atoms with Gasteiger partial charge in [0.2, 0.25) is 0 Å². The van der Waals surface area contributed by atoms with Crippen LogP contribution in [0.2, 0.25) is 0 Å². The molecule has 0 aromatic carbocycles. The summed E-state index contributed by atoms with van der Waals surface area (Å²) in [6.07, 6.45) is 33.2. The summed E-state index contributed by atoms with van der Waals surface area (Å²) in [7, 11) is -3.93. The van der Waals surface area contributed by atoms with Gasteiger partial charge < -0.3 is 9.79 Å². The van der Waals surface area contributed by atoms with Crippen molar-refractivity contribution in [1.29, 1.82) is 0 Å². The first-order chi connectivity index (χ1) is 19.6. The van der Waals surface area contributed by atoms with Gasteiger partial charge in [-0.3, -0.25) is 9.05 Å². The lowest BCUT2D eigenvalue weighted by Crippen LogP contribution is -2.28. The number of nitrogens with zero attached hydrogens (tertiary/aromatic N) is 1. The Labute approximate surface area is 251 Å². The van der Waals surface area contributed by atoms with Crippen LogP contribution in [0.5, 0.6) is 0 Å².